The van der Waals surface area contributed by atoms with Crippen molar-refractivity contribution in [1.82, 2.24) is 0 Å². The lowest BCUT2D eigenvalue weighted by molar-refractivity contribution is 0.0700. The fourth-order valence-corrected chi connectivity index (χ4v) is 1.38. The van der Waals surface area contributed by atoms with Crippen LogP contribution in [0.3, 0.4) is 0 Å². The van der Waals surface area contributed by atoms with Crippen LogP contribution >= 0.6 is 0 Å². The summed E-state index contributed by atoms with van der Waals surface area (Å²) in [5.74, 6) is 0.306. The van der Waals surface area contributed by atoms with Gasteiger partial charge in [-0.1, -0.05) is 12.1 Å². The molecule has 0 bridgehead atoms. The molecule has 2 rings (SSSR count). The van der Waals surface area contributed by atoms with Crippen molar-refractivity contribution in [3.63, 3.8) is 0 Å². The van der Waals surface area contributed by atoms with Gasteiger partial charge in [-0.05, 0) is 43.2 Å². The van der Waals surface area contributed by atoms with Gasteiger partial charge in [0, 0.05) is 0 Å². The van der Waals surface area contributed by atoms with Crippen LogP contribution in [-0.2, 0) is 0 Å². The first kappa shape index (κ1) is 10.5. The van der Waals surface area contributed by atoms with E-state index in [0.29, 0.717) is 5.75 Å². The Bertz CT molecular complexity index is 498. The van der Waals surface area contributed by atoms with Gasteiger partial charge in [0.05, 0.1) is 6.26 Å². The predicted octanol–water partition coefficient (Wildman–Crippen LogP) is 3.12. The van der Waals surface area contributed by atoms with E-state index >= 15 is 0 Å². The van der Waals surface area contributed by atoms with Crippen molar-refractivity contribution in [2.45, 2.75) is 13.8 Å². The van der Waals surface area contributed by atoms with Crippen LogP contribution < -0.4 is 4.74 Å². The van der Waals surface area contributed by atoms with Gasteiger partial charge in [-0.3, -0.25) is 0 Å². The first-order valence-corrected chi connectivity index (χ1v) is 5.00. The van der Waals surface area contributed by atoms with E-state index in [1.807, 2.05) is 26.0 Å². The minimum Gasteiger partial charge on any atom is -0.457 e. The van der Waals surface area contributed by atoms with E-state index in [9.17, 15) is 4.79 Å². The Labute approximate surface area is 93.7 Å². The maximum atomic E-state index is 11.6. The molecule has 0 spiro atoms. The van der Waals surface area contributed by atoms with Crippen molar-refractivity contribution < 1.29 is 13.9 Å². The van der Waals surface area contributed by atoms with E-state index in [4.69, 9.17) is 9.15 Å². The number of esters is 1. The minimum absolute atomic E-state index is 0.209. The number of rotatable bonds is 2. The SMILES string of the molecule is Cc1cccc(OC(=O)c2ccco2)c1C. The largest absolute Gasteiger partial charge is 0.457 e. The topological polar surface area (TPSA) is 39.4 Å². The van der Waals surface area contributed by atoms with Crippen molar-refractivity contribution in [3.05, 3.63) is 53.5 Å². The number of carbonyl (C=O) groups is 1. The first-order valence-electron chi connectivity index (χ1n) is 5.00. The second kappa shape index (κ2) is 4.23. The van der Waals surface area contributed by atoms with Crippen LogP contribution in [0.1, 0.15) is 21.7 Å². The van der Waals surface area contributed by atoms with Gasteiger partial charge in [0.15, 0.2) is 0 Å². The third-order valence-corrected chi connectivity index (χ3v) is 2.48. The summed E-state index contributed by atoms with van der Waals surface area (Å²) in [5.41, 5.74) is 2.05. The number of hydrogen-bond donors (Lipinski definition) is 0. The van der Waals surface area contributed by atoms with Crippen LogP contribution in [0.5, 0.6) is 5.75 Å². The van der Waals surface area contributed by atoms with E-state index < -0.39 is 5.97 Å². The monoisotopic (exact) mass is 216 g/mol. The molecule has 0 saturated heterocycles. The Hall–Kier alpha value is -2.03. The summed E-state index contributed by atoms with van der Waals surface area (Å²) < 4.78 is 10.2. The zero-order valence-corrected chi connectivity index (χ0v) is 9.19. The summed E-state index contributed by atoms with van der Waals surface area (Å²) >= 11 is 0. The zero-order valence-electron chi connectivity index (χ0n) is 9.19. The molecule has 0 atom stereocenters. The molecule has 0 amide bonds. The van der Waals surface area contributed by atoms with Gasteiger partial charge in [0.1, 0.15) is 5.75 Å². The van der Waals surface area contributed by atoms with Gasteiger partial charge in [0.2, 0.25) is 5.76 Å². The molecule has 0 unspecified atom stereocenters. The van der Waals surface area contributed by atoms with E-state index in [2.05, 4.69) is 0 Å². The number of carbonyl (C=O) groups excluding carboxylic acids is 1. The van der Waals surface area contributed by atoms with Gasteiger partial charge in [-0.25, -0.2) is 4.79 Å². The van der Waals surface area contributed by atoms with Crippen LogP contribution in [0.2, 0.25) is 0 Å². The van der Waals surface area contributed by atoms with Crippen molar-refractivity contribution in [2.24, 2.45) is 0 Å². The molecule has 0 radical (unpaired) electrons. The van der Waals surface area contributed by atoms with Crippen molar-refractivity contribution in [1.29, 1.82) is 0 Å². The molecule has 16 heavy (non-hydrogen) atoms. The summed E-state index contributed by atoms with van der Waals surface area (Å²) in [4.78, 5) is 11.6. The summed E-state index contributed by atoms with van der Waals surface area (Å²) in [6, 6.07) is 8.82. The first-order chi connectivity index (χ1) is 7.68. The smallest absolute Gasteiger partial charge is 0.379 e. The summed E-state index contributed by atoms with van der Waals surface area (Å²) in [5, 5.41) is 0. The molecule has 0 fully saturated rings. The normalized spacial score (nSPS) is 10.1. The number of ether oxygens (including phenoxy) is 1. The molecule has 82 valence electrons. The third-order valence-electron chi connectivity index (χ3n) is 2.48. The van der Waals surface area contributed by atoms with Crippen molar-refractivity contribution in [2.75, 3.05) is 0 Å². The fraction of sp³-hybridized carbons (Fsp3) is 0.154. The van der Waals surface area contributed by atoms with Gasteiger partial charge in [-0.2, -0.15) is 0 Å². The van der Waals surface area contributed by atoms with Crippen LogP contribution in [-0.4, -0.2) is 5.97 Å². The molecule has 0 N–H and O–H groups in total. The Morgan fingerprint density at radius 2 is 2.00 bits per heavy atom. The quantitative estimate of drug-likeness (QED) is 0.572. The molecule has 0 aliphatic heterocycles. The lowest BCUT2D eigenvalue weighted by atomic mass is 10.1. The molecule has 0 aliphatic rings. The maximum Gasteiger partial charge on any atom is 0.379 e. The van der Waals surface area contributed by atoms with Crippen LogP contribution in [0, 0.1) is 13.8 Å². The number of benzene rings is 1. The number of hydrogen-bond acceptors (Lipinski definition) is 3. The lowest BCUT2D eigenvalue weighted by Gasteiger charge is -2.07. The number of aryl methyl sites for hydroxylation is 1. The second-order valence-corrected chi connectivity index (χ2v) is 3.56. The molecule has 3 nitrogen and oxygen atoms in total. The second-order valence-electron chi connectivity index (χ2n) is 3.56. The molecule has 0 saturated carbocycles. The summed E-state index contributed by atoms with van der Waals surface area (Å²) in [6.07, 6.45) is 1.44. The summed E-state index contributed by atoms with van der Waals surface area (Å²) in [6.45, 7) is 3.89. The highest BCUT2D eigenvalue weighted by Gasteiger charge is 2.12. The molecule has 1 aromatic heterocycles. The Morgan fingerprint density at radius 3 is 2.69 bits per heavy atom. The molecule has 3 heteroatoms. The van der Waals surface area contributed by atoms with Crippen LogP contribution in [0.15, 0.2) is 41.0 Å². The maximum absolute atomic E-state index is 11.6. The zero-order chi connectivity index (χ0) is 11.5. The molecule has 1 heterocycles. The predicted molar refractivity (Wildman–Crippen MR) is 59.6 cm³/mol. The molecular formula is C13H12O3. The van der Waals surface area contributed by atoms with Gasteiger partial charge in [-0.15, -0.1) is 0 Å². The highest BCUT2D eigenvalue weighted by atomic mass is 16.5. The van der Waals surface area contributed by atoms with Crippen LogP contribution in [0.25, 0.3) is 0 Å². The van der Waals surface area contributed by atoms with E-state index in [1.165, 1.54) is 6.26 Å². The Morgan fingerprint density at radius 1 is 1.19 bits per heavy atom. The van der Waals surface area contributed by atoms with Gasteiger partial charge < -0.3 is 9.15 Å². The Kier molecular flexibility index (Phi) is 2.77. The minimum atomic E-state index is -0.473. The number of furan rings is 1. The lowest BCUT2D eigenvalue weighted by Crippen LogP contribution is -2.08. The third kappa shape index (κ3) is 1.98. The Balaban J connectivity index is 2.22. The highest BCUT2D eigenvalue weighted by Crippen LogP contribution is 2.21. The van der Waals surface area contributed by atoms with Crippen molar-refractivity contribution >= 4 is 5.97 Å². The van der Waals surface area contributed by atoms with Gasteiger partial charge >= 0.3 is 5.97 Å². The average Bonchev–Trinajstić information content (AvgIpc) is 2.78. The van der Waals surface area contributed by atoms with E-state index in [-0.39, 0.29) is 5.76 Å². The van der Waals surface area contributed by atoms with E-state index in [0.717, 1.165) is 11.1 Å². The molecular weight excluding hydrogens is 204 g/mol. The molecule has 1 aromatic carbocycles. The van der Waals surface area contributed by atoms with Crippen molar-refractivity contribution in [3.8, 4) is 5.75 Å². The average molecular weight is 216 g/mol. The summed E-state index contributed by atoms with van der Waals surface area (Å²) in [7, 11) is 0. The highest BCUT2D eigenvalue weighted by molar-refractivity contribution is 5.88. The van der Waals surface area contributed by atoms with Crippen LogP contribution in [0.4, 0.5) is 0 Å². The van der Waals surface area contributed by atoms with E-state index in [1.54, 1.807) is 18.2 Å². The van der Waals surface area contributed by atoms with Gasteiger partial charge in [0.25, 0.3) is 0 Å². The molecule has 2 aromatic rings. The standard InChI is InChI=1S/C13H12O3/c1-9-5-3-6-11(10(9)2)16-13(14)12-7-4-8-15-12/h3-8H,1-2H3. The molecule has 0 aliphatic carbocycles. The fourth-order valence-electron chi connectivity index (χ4n) is 1.38.